The van der Waals surface area contributed by atoms with Crippen LogP contribution in [0.4, 0.5) is 5.82 Å². The molecule has 0 aliphatic rings. The molecule has 4 nitrogen and oxygen atoms in total. The Bertz CT molecular complexity index is 522. The zero-order chi connectivity index (χ0) is 15.1. The maximum atomic E-state index is 4.54. The molecule has 0 saturated heterocycles. The third-order valence-electron chi connectivity index (χ3n) is 3.25. The second-order valence-corrected chi connectivity index (χ2v) is 5.76. The molecule has 1 N–H and O–H groups in total. The van der Waals surface area contributed by atoms with Crippen LogP contribution in [0, 0.1) is 5.92 Å². The number of nitrogens with zero attached hydrogens (tertiary/aromatic N) is 3. The average molecular weight is 284 g/mol. The van der Waals surface area contributed by atoms with E-state index in [0.717, 1.165) is 25.5 Å². The number of rotatable bonds is 7. The summed E-state index contributed by atoms with van der Waals surface area (Å²) in [6.07, 6.45) is 5.59. The molecule has 0 aromatic carbocycles. The molecule has 0 atom stereocenters. The molecule has 2 aromatic heterocycles. The van der Waals surface area contributed by atoms with Gasteiger partial charge >= 0.3 is 0 Å². The van der Waals surface area contributed by atoms with Gasteiger partial charge in [-0.15, -0.1) is 0 Å². The summed E-state index contributed by atoms with van der Waals surface area (Å²) < 4.78 is 0. The maximum absolute atomic E-state index is 4.54. The lowest BCUT2D eigenvalue weighted by Crippen LogP contribution is -2.20. The van der Waals surface area contributed by atoms with Crippen LogP contribution in [0.3, 0.4) is 0 Å². The molecule has 0 aliphatic heterocycles. The lowest BCUT2D eigenvalue weighted by atomic mass is 10.2. The van der Waals surface area contributed by atoms with Crippen LogP contribution in [0.1, 0.15) is 25.0 Å². The Morgan fingerprint density at radius 2 is 1.86 bits per heavy atom. The second-order valence-electron chi connectivity index (χ2n) is 5.76. The number of aromatic nitrogens is 2. The minimum Gasteiger partial charge on any atom is -0.355 e. The number of anilines is 1. The van der Waals surface area contributed by atoms with Gasteiger partial charge in [-0.25, -0.2) is 4.98 Å². The molecule has 0 spiro atoms. The highest BCUT2D eigenvalue weighted by atomic mass is 15.2. The minimum absolute atomic E-state index is 0.670. The Morgan fingerprint density at radius 3 is 2.48 bits per heavy atom. The van der Waals surface area contributed by atoms with Gasteiger partial charge in [0.05, 0.1) is 0 Å². The van der Waals surface area contributed by atoms with Gasteiger partial charge in [-0.1, -0.05) is 19.9 Å². The van der Waals surface area contributed by atoms with Crippen molar-refractivity contribution in [1.29, 1.82) is 0 Å². The van der Waals surface area contributed by atoms with Crippen LogP contribution >= 0.6 is 0 Å². The summed E-state index contributed by atoms with van der Waals surface area (Å²) in [6.45, 7) is 7.16. The molecule has 0 amide bonds. The van der Waals surface area contributed by atoms with Crippen molar-refractivity contribution in [3.8, 4) is 0 Å². The fraction of sp³-hybridized carbons (Fsp3) is 0.412. The highest BCUT2D eigenvalue weighted by Crippen LogP contribution is 2.12. The molecule has 0 bridgehead atoms. The van der Waals surface area contributed by atoms with E-state index in [1.807, 2.05) is 30.7 Å². The normalized spacial score (nSPS) is 10.9. The molecule has 21 heavy (non-hydrogen) atoms. The Hall–Kier alpha value is -1.94. The number of pyridine rings is 2. The van der Waals surface area contributed by atoms with Gasteiger partial charge in [-0.3, -0.25) is 4.98 Å². The van der Waals surface area contributed by atoms with Gasteiger partial charge < -0.3 is 10.2 Å². The van der Waals surface area contributed by atoms with Gasteiger partial charge in [0.15, 0.2) is 0 Å². The fourth-order valence-corrected chi connectivity index (χ4v) is 2.10. The van der Waals surface area contributed by atoms with Crippen molar-refractivity contribution in [1.82, 2.24) is 15.3 Å². The summed E-state index contributed by atoms with van der Waals surface area (Å²) in [4.78, 5) is 10.7. The van der Waals surface area contributed by atoms with Crippen LogP contribution in [-0.2, 0) is 13.1 Å². The minimum atomic E-state index is 0.670. The van der Waals surface area contributed by atoms with Crippen LogP contribution in [0.2, 0.25) is 0 Å². The van der Waals surface area contributed by atoms with Crippen molar-refractivity contribution in [3.05, 3.63) is 54.0 Å². The first-order valence-corrected chi connectivity index (χ1v) is 7.41. The van der Waals surface area contributed by atoms with E-state index < -0.39 is 0 Å². The number of hydrogen-bond donors (Lipinski definition) is 1. The molecule has 4 heteroatoms. The van der Waals surface area contributed by atoms with Crippen molar-refractivity contribution < 1.29 is 0 Å². The van der Waals surface area contributed by atoms with Gasteiger partial charge in [0, 0.05) is 38.7 Å². The van der Waals surface area contributed by atoms with Gasteiger partial charge in [-0.2, -0.15) is 0 Å². The van der Waals surface area contributed by atoms with E-state index in [0.29, 0.717) is 5.92 Å². The Labute approximate surface area is 127 Å². The summed E-state index contributed by atoms with van der Waals surface area (Å²) in [6, 6.07) is 8.27. The first-order chi connectivity index (χ1) is 10.1. The molecule has 0 unspecified atom stereocenters. The van der Waals surface area contributed by atoms with E-state index >= 15 is 0 Å². The summed E-state index contributed by atoms with van der Waals surface area (Å²) >= 11 is 0. The maximum Gasteiger partial charge on any atom is 0.128 e. The van der Waals surface area contributed by atoms with Crippen molar-refractivity contribution in [2.24, 2.45) is 5.92 Å². The molecule has 0 aliphatic carbocycles. The molecule has 112 valence electrons. The largest absolute Gasteiger partial charge is 0.355 e. The fourth-order valence-electron chi connectivity index (χ4n) is 2.10. The van der Waals surface area contributed by atoms with Gasteiger partial charge in [0.25, 0.3) is 0 Å². The Kier molecular flexibility index (Phi) is 5.69. The molecule has 2 aromatic rings. The van der Waals surface area contributed by atoms with E-state index in [9.17, 15) is 0 Å². The first-order valence-electron chi connectivity index (χ1n) is 7.41. The Balaban J connectivity index is 1.89. The molecule has 2 heterocycles. The van der Waals surface area contributed by atoms with Gasteiger partial charge in [0.1, 0.15) is 5.82 Å². The van der Waals surface area contributed by atoms with Crippen LogP contribution in [0.5, 0.6) is 0 Å². The zero-order valence-electron chi connectivity index (χ0n) is 13.1. The summed E-state index contributed by atoms with van der Waals surface area (Å²) in [7, 11) is 2.06. The average Bonchev–Trinajstić information content (AvgIpc) is 2.48. The van der Waals surface area contributed by atoms with Gasteiger partial charge in [0.2, 0.25) is 0 Å². The van der Waals surface area contributed by atoms with E-state index in [2.05, 4.69) is 53.2 Å². The van der Waals surface area contributed by atoms with E-state index in [-0.39, 0.29) is 0 Å². The summed E-state index contributed by atoms with van der Waals surface area (Å²) in [5.41, 5.74) is 2.45. The molecule has 2 rings (SSSR count). The monoisotopic (exact) mass is 284 g/mol. The van der Waals surface area contributed by atoms with E-state index in [1.165, 1.54) is 11.1 Å². The zero-order valence-corrected chi connectivity index (χ0v) is 13.1. The molecule has 0 radical (unpaired) electrons. The summed E-state index contributed by atoms with van der Waals surface area (Å²) in [5, 5.41) is 3.43. The first kappa shape index (κ1) is 15.4. The predicted molar refractivity (Wildman–Crippen MR) is 87.1 cm³/mol. The van der Waals surface area contributed by atoms with Crippen LogP contribution < -0.4 is 10.2 Å². The molecule has 0 fully saturated rings. The van der Waals surface area contributed by atoms with Crippen LogP contribution in [0.25, 0.3) is 0 Å². The van der Waals surface area contributed by atoms with Crippen molar-refractivity contribution in [2.75, 3.05) is 18.5 Å². The highest BCUT2D eigenvalue weighted by molar-refractivity contribution is 5.39. The number of hydrogen-bond acceptors (Lipinski definition) is 4. The molecular weight excluding hydrogens is 260 g/mol. The van der Waals surface area contributed by atoms with E-state index in [1.54, 1.807) is 0 Å². The third kappa shape index (κ3) is 5.16. The number of nitrogens with one attached hydrogen (secondary N) is 1. The van der Waals surface area contributed by atoms with E-state index in [4.69, 9.17) is 0 Å². The van der Waals surface area contributed by atoms with Crippen molar-refractivity contribution in [2.45, 2.75) is 26.9 Å². The SMILES string of the molecule is CC(C)CNCc1ccc(N(C)Cc2ccncc2)nc1. The standard InChI is InChI=1S/C17H24N4/c1-14(2)10-19-11-16-4-5-17(20-12-16)21(3)13-15-6-8-18-9-7-15/h4-9,12,14,19H,10-11,13H2,1-3H3. The summed E-state index contributed by atoms with van der Waals surface area (Å²) in [5.74, 6) is 1.66. The second kappa shape index (κ2) is 7.74. The highest BCUT2D eigenvalue weighted by Gasteiger charge is 2.04. The van der Waals surface area contributed by atoms with Crippen LogP contribution in [-0.4, -0.2) is 23.6 Å². The quantitative estimate of drug-likeness (QED) is 0.849. The lowest BCUT2D eigenvalue weighted by molar-refractivity contribution is 0.552. The van der Waals surface area contributed by atoms with Crippen LogP contribution in [0.15, 0.2) is 42.9 Å². The smallest absolute Gasteiger partial charge is 0.128 e. The molecular formula is C17H24N4. The van der Waals surface area contributed by atoms with Gasteiger partial charge in [-0.05, 0) is 41.8 Å². The third-order valence-corrected chi connectivity index (χ3v) is 3.25. The topological polar surface area (TPSA) is 41.0 Å². The van der Waals surface area contributed by atoms with Crippen molar-refractivity contribution in [3.63, 3.8) is 0 Å². The van der Waals surface area contributed by atoms with Crippen molar-refractivity contribution >= 4 is 5.82 Å². The Morgan fingerprint density at radius 1 is 1.10 bits per heavy atom. The lowest BCUT2D eigenvalue weighted by Gasteiger charge is -2.18. The molecule has 0 saturated carbocycles. The predicted octanol–water partition coefficient (Wildman–Crippen LogP) is 2.86.